The van der Waals surface area contributed by atoms with E-state index in [1.165, 1.54) is 16.8 Å². The molecule has 4 rings (SSSR count). The number of carbonyl (C=O) groups excluding carboxylic acids is 1. The van der Waals surface area contributed by atoms with Crippen molar-refractivity contribution in [3.63, 3.8) is 0 Å². The maximum atomic E-state index is 13.2. The van der Waals surface area contributed by atoms with Crippen molar-refractivity contribution in [3.05, 3.63) is 105 Å². The van der Waals surface area contributed by atoms with Crippen LogP contribution in [0.25, 0.3) is 0 Å². The number of hydrogen-bond donors (Lipinski definition) is 0. The molecule has 3 aromatic rings. The summed E-state index contributed by atoms with van der Waals surface area (Å²) in [6.07, 6.45) is 1.49. The van der Waals surface area contributed by atoms with E-state index in [0.29, 0.717) is 19.6 Å². The topological polar surface area (TPSA) is 67.5 Å². The highest BCUT2D eigenvalue weighted by atomic mass is 16.2. The second-order valence-electron chi connectivity index (χ2n) is 7.91. The van der Waals surface area contributed by atoms with Gasteiger partial charge in [-0.3, -0.25) is 18.7 Å². The fraction of sp³-hybridized carbons (Fsp3) is 0.292. The fourth-order valence-corrected chi connectivity index (χ4v) is 4.01. The van der Waals surface area contributed by atoms with Crippen molar-refractivity contribution in [1.29, 1.82) is 0 Å². The molecule has 0 saturated carbocycles. The zero-order valence-electron chi connectivity index (χ0n) is 17.6. The van der Waals surface area contributed by atoms with Crippen LogP contribution < -0.4 is 11.2 Å². The first-order chi connectivity index (χ1) is 15.0. The minimum absolute atomic E-state index is 0.113. The molecule has 1 saturated heterocycles. The second kappa shape index (κ2) is 9.14. The molecule has 1 fully saturated rings. The van der Waals surface area contributed by atoms with Crippen LogP contribution in [-0.2, 0) is 17.9 Å². The van der Waals surface area contributed by atoms with Crippen LogP contribution >= 0.6 is 0 Å². The van der Waals surface area contributed by atoms with Crippen LogP contribution in [0.2, 0.25) is 0 Å². The van der Waals surface area contributed by atoms with E-state index in [9.17, 15) is 14.4 Å². The van der Waals surface area contributed by atoms with E-state index in [4.69, 9.17) is 0 Å². The van der Waals surface area contributed by atoms with Crippen LogP contribution in [0, 0.1) is 0 Å². The number of amides is 1. The molecular formula is C24H26N4O3. The lowest BCUT2D eigenvalue weighted by atomic mass is 10.0. The molecule has 0 bridgehead atoms. The molecule has 0 aliphatic carbocycles. The largest absolute Gasteiger partial charge is 0.332 e. The Morgan fingerprint density at radius 1 is 0.935 bits per heavy atom. The van der Waals surface area contributed by atoms with Gasteiger partial charge in [-0.2, -0.15) is 0 Å². The summed E-state index contributed by atoms with van der Waals surface area (Å²) in [6, 6.07) is 20.6. The van der Waals surface area contributed by atoms with Crippen LogP contribution in [0.5, 0.6) is 0 Å². The molecule has 1 aliphatic rings. The Morgan fingerprint density at radius 2 is 1.61 bits per heavy atom. The van der Waals surface area contributed by atoms with Crippen LogP contribution in [0.4, 0.5) is 0 Å². The van der Waals surface area contributed by atoms with Gasteiger partial charge in [0.1, 0.15) is 6.54 Å². The van der Waals surface area contributed by atoms with Crippen molar-refractivity contribution >= 4 is 5.91 Å². The first-order valence-corrected chi connectivity index (χ1v) is 10.4. The van der Waals surface area contributed by atoms with E-state index >= 15 is 0 Å². The third-order valence-corrected chi connectivity index (χ3v) is 5.72. The molecule has 1 atom stereocenters. The van der Waals surface area contributed by atoms with Gasteiger partial charge in [-0.05, 0) is 18.2 Å². The van der Waals surface area contributed by atoms with Crippen molar-refractivity contribution in [3.8, 4) is 0 Å². The van der Waals surface area contributed by atoms with E-state index in [1.807, 2.05) is 67.7 Å². The number of hydrogen-bond acceptors (Lipinski definition) is 4. The van der Waals surface area contributed by atoms with Gasteiger partial charge in [-0.15, -0.1) is 0 Å². The number of aromatic nitrogens is 2. The van der Waals surface area contributed by atoms with E-state index in [-0.39, 0.29) is 18.5 Å². The van der Waals surface area contributed by atoms with Gasteiger partial charge in [0, 0.05) is 31.9 Å². The summed E-state index contributed by atoms with van der Waals surface area (Å²) in [5, 5.41) is 0. The molecule has 0 spiro atoms. The molecule has 7 nitrogen and oxygen atoms in total. The summed E-state index contributed by atoms with van der Waals surface area (Å²) in [7, 11) is 2.03. The monoisotopic (exact) mass is 418 g/mol. The summed E-state index contributed by atoms with van der Waals surface area (Å²) in [6.45, 7) is 2.08. The highest BCUT2D eigenvalue weighted by molar-refractivity contribution is 5.76. The average Bonchev–Trinajstić information content (AvgIpc) is 2.79. The molecule has 1 amide bonds. The summed E-state index contributed by atoms with van der Waals surface area (Å²) in [5.74, 6) is -0.224. The Balaban J connectivity index is 1.59. The average molecular weight is 418 g/mol. The zero-order valence-corrected chi connectivity index (χ0v) is 17.6. The molecule has 1 aromatic heterocycles. The lowest BCUT2D eigenvalue weighted by Crippen LogP contribution is -2.52. The van der Waals surface area contributed by atoms with Gasteiger partial charge in [-0.1, -0.05) is 60.7 Å². The van der Waals surface area contributed by atoms with Gasteiger partial charge in [0.15, 0.2) is 0 Å². The summed E-state index contributed by atoms with van der Waals surface area (Å²) in [4.78, 5) is 42.6. The molecule has 2 heterocycles. The predicted molar refractivity (Wildman–Crippen MR) is 119 cm³/mol. The third-order valence-electron chi connectivity index (χ3n) is 5.72. The quantitative estimate of drug-likeness (QED) is 0.631. The van der Waals surface area contributed by atoms with Crippen LogP contribution in [0.15, 0.2) is 82.5 Å². The van der Waals surface area contributed by atoms with Gasteiger partial charge in [0.2, 0.25) is 5.91 Å². The highest BCUT2D eigenvalue weighted by Gasteiger charge is 2.30. The Hall–Kier alpha value is -3.45. The molecule has 1 aliphatic heterocycles. The molecule has 1 unspecified atom stereocenters. The lowest BCUT2D eigenvalue weighted by molar-refractivity contribution is -0.137. The van der Waals surface area contributed by atoms with Crippen LogP contribution in [-0.4, -0.2) is 51.5 Å². The van der Waals surface area contributed by atoms with Gasteiger partial charge < -0.3 is 9.80 Å². The maximum absolute atomic E-state index is 13.2. The molecule has 160 valence electrons. The third kappa shape index (κ3) is 4.67. The predicted octanol–water partition coefficient (Wildman–Crippen LogP) is 1.57. The highest BCUT2D eigenvalue weighted by Crippen LogP contribution is 2.25. The molecular weight excluding hydrogens is 392 g/mol. The summed E-state index contributed by atoms with van der Waals surface area (Å²) >= 11 is 0. The zero-order chi connectivity index (χ0) is 21.8. The molecule has 31 heavy (non-hydrogen) atoms. The van der Waals surface area contributed by atoms with Gasteiger partial charge >= 0.3 is 5.69 Å². The number of nitrogens with zero attached hydrogens (tertiary/aromatic N) is 4. The summed E-state index contributed by atoms with van der Waals surface area (Å²) < 4.78 is 2.49. The van der Waals surface area contributed by atoms with Crippen molar-refractivity contribution < 1.29 is 4.79 Å². The number of rotatable bonds is 5. The van der Waals surface area contributed by atoms with Gasteiger partial charge in [0.05, 0.1) is 12.6 Å². The first-order valence-electron chi connectivity index (χ1n) is 10.4. The lowest BCUT2D eigenvalue weighted by Gasteiger charge is -2.40. The number of likely N-dealkylation sites (N-methyl/N-ethyl adjacent to an activating group) is 1. The molecule has 0 radical (unpaired) electrons. The minimum Gasteiger partial charge on any atom is -0.332 e. The first kappa shape index (κ1) is 20.8. The Kier molecular flexibility index (Phi) is 6.13. The number of piperazine rings is 1. The second-order valence-corrected chi connectivity index (χ2v) is 7.91. The maximum Gasteiger partial charge on any atom is 0.331 e. The minimum atomic E-state index is -0.477. The molecule has 0 N–H and O–H groups in total. The van der Waals surface area contributed by atoms with Gasteiger partial charge in [0.25, 0.3) is 5.56 Å². The van der Waals surface area contributed by atoms with Crippen LogP contribution in [0.1, 0.15) is 17.2 Å². The van der Waals surface area contributed by atoms with E-state index < -0.39 is 11.2 Å². The van der Waals surface area contributed by atoms with Crippen molar-refractivity contribution in [2.75, 3.05) is 26.7 Å². The van der Waals surface area contributed by atoms with Crippen molar-refractivity contribution in [2.24, 2.45) is 0 Å². The van der Waals surface area contributed by atoms with Crippen molar-refractivity contribution in [2.45, 2.75) is 19.1 Å². The number of benzene rings is 2. The van der Waals surface area contributed by atoms with E-state index in [2.05, 4.69) is 4.90 Å². The Morgan fingerprint density at radius 3 is 2.32 bits per heavy atom. The van der Waals surface area contributed by atoms with E-state index in [1.54, 1.807) is 4.90 Å². The Bertz CT molecular complexity index is 1150. The summed E-state index contributed by atoms with van der Waals surface area (Å²) in [5.41, 5.74) is 1.05. The standard InChI is InChI=1S/C24H26N4O3/c1-25-14-15-27(21(17-25)20-10-6-3-7-11-20)23(30)18-28-22(29)12-13-26(24(28)31)16-19-8-4-2-5-9-19/h2-13,21H,14-18H2,1H3. The van der Waals surface area contributed by atoms with Gasteiger partial charge in [-0.25, -0.2) is 4.79 Å². The van der Waals surface area contributed by atoms with E-state index in [0.717, 1.165) is 22.2 Å². The molecule has 2 aromatic carbocycles. The SMILES string of the molecule is CN1CCN(C(=O)Cn2c(=O)ccn(Cc3ccccc3)c2=O)C(c2ccccc2)C1. The smallest absolute Gasteiger partial charge is 0.331 e. The fourth-order valence-electron chi connectivity index (χ4n) is 4.01. The normalized spacial score (nSPS) is 16.9. The van der Waals surface area contributed by atoms with Crippen LogP contribution in [0.3, 0.4) is 0 Å². The van der Waals surface area contributed by atoms with Crippen molar-refractivity contribution in [1.82, 2.24) is 18.9 Å². The molecule has 7 heteroatoms. The number of carbonyl (C=O) groups is 1. The Labute approximate surface area is 180 Å².